The van der Waals surface area contributed by atoms with E-state index in [1.807, 2.05) is 13.1 Å². The Morgan fingerprint density at radius 3 is 2.42 bits per heavy atom. The van der Waals surface area contributed by atoms with Crippen molar-refractivity contribution in [3.63, 3.8) is 0 Å². The van der Waals surface area contributed by atoms with Gasteiger partial charge in [-0.1, -0.05) is 11.6 Å². The predicted molar refractivity (Wildman–Crippen MR) is 110 cm³/mol. The highest BCUT2D eigenvalue weighted by molar-refractivity contribution is 6.31. The summed E-state index contributed by atoms with van der Waals surface area (Å²) in [6.07, 6.45) is -1.09. The molecular formula is C21H18ClF3N4O2. The van der Waals surface area contributed by atoms with Crippen LogP contribution >= 0.6 is 11.6 Å². The number of alkyl halides is 3. The molecule has 0 saturated heterocycles. The van der Waals surface area contributed by atoms with E-state index >= 15 is 0 Å². The first-order valence-corrected chi connectivity index (χ1v) is 9.46. The molecule has 0 aliphatic heterocycles. The van der Waals surface area contributed by atoms with E-state index in [0.717, 1.165) is 23.4 Å². The smallest absolute Gasteiger partial charge is 0.332 e. The molecule has 2 amide bonds. The fourth-order valence-electron chi connectivity index (χ4n) is 2.84. The number of rotatable bonds is 5. The topological polar surface area (TPSA) is 67.2 Å². The second kappa shape index (κ2) is 8.81. The third kappa shape index (κ3) is 5.43. The number of carbonyl (C=O) groups is 2. The molecule has 0 spiro atoms. The van der Waals surface area contributed by atoms with Crippen LogP contribution in [0.4, 0.5) is 18.9 Å². The summed E-state index contributed by atoms with van der Waals surface area (Å²) in [5, 5.41) is 6.07. The van der Waals surface area contributed by atoms with E-state index in [-0.39, 0.29) is 12.2 Å². The Bertz CT molecular complexity index is 1110. The summed E-state index contributed by atoms with van der Waals surface area (Å²) in [6.45, 7) is 1.57. The second-order valence-electron chi connectivity index (χ2n) is 6.91. The van der Waals surface area contributed by atoms with E-state index in [4.69, 9.17) is 11.6 Å². The van der Waals surface area contributed by atoms with Gasteiger partial charge in [-0.25, -0.2) is 4.68 Å². The Hall–Kier alpha value is -3.33. The first kappa shape index (κ1) is 22.4. The van der Waals surface area contributed by atoms with Gasteiger partial charge in [0.1, 0.15) is 0 Å². The molecule has 0 bridgehead atoms. The minimum Gasteiger partial charge on any atom is -0.332 e. The lowest BCUT2D eigenvalue weighted by Crippen LogP contribution is -2.35. The third-order valence-corrected chi connectivity index (χ3v) is 4.70. The number of hydrogen-bond donors (Lipinski definition) is 1. The fraction of sp³-hybridized carbons (Fsp3) is 0.190. The number of benzene rings is 2. The summed E-state index contributed by atoms with van der Waals surface area (Å²) in [6, 6.07) is 9.72. The molecule has 0 fully saturated rings. The maximum atomic E-state index is 13.0. The molecule has 1 aromatic heterocycles. The standard InChI is InChI=1S/C21H18ClF3N4O2/c1-13-10-26-29(11-13)16-6-3-14(4-7-16)20(31)28(2)12-19(30)27-15-5-8-18(22)17(9-15)21(23,24)25/h3-11H,12H2,1-2H3,(H,27,30). The van der Waals surface area contributed by atoms with Crippen molar-refractivity contribution in [2.45, 2.75) is 13.1 Å². The lowest BCUT2D eigenvalue weighted by Gasteiger charge is -2.18. The van der Waals surface area contributed by atoms with Gasteiger partial charge in [0.2, 0.25) is 5.91 Å². The summed E-state index contributed by atoms with van der Waals surface area (Å²) in [5.41, 5.74) is 1.00. The number of carbonyl (C=O) groups excluding carboxylic acids is 2. The number of hydrogen-bond acceptors (Lipinski definition) is 3. The minimum atomic E-state index is -4.65. The minimum absolute atomic E-state index is 0.0681. The largest absolute Gasteiger partial charge is 0.417 e. The lowest BCUT2D eigenvalue weighted by atomic mass is 10.1. The number of aryl methyl sites for hydroxylation is 1. The normalized spacial score (nSPS) is 11.3. The van der Waals surface area contributed by atoms with Crippen LogP contribution in [0.2, 0.25) is 5.02 Å². The van der Waals surface area contributed by atoms with Crippen molar-refractivity contribution in [2.75, 3.05) is 18.9 Å². The molecule has 0 unspecified atom stereocenters. The first-order valence-electron chi connectivity index (χ1n) is 9.08. The van der Waals surface area contributed by atoms with E-state index in [9.17, 15) is 22.8 Å². The van der Waals surface area contributed by atoms with Crippen molar-refractivity contribution < 1.29 is 22.8 Å². The van der Waals surface area contributed by atoms with Gasteiger partial charge in [-0.2, -0.15) is 18.3 Å². The van der Waals surface area contributed by atoms with Crippen LogP contribution in [0.3, 0.4) is 0 Å². The number of anilines is 1. The molecular weight excluding hydrogens is 433 g/mol. The Labute approximate surface area is 181 Å². The summed E-state index contributed by atoms with van der Waals surface area (Å²) >= 11 is 5.57. The molecule has 0 saturated carbocycles. The SMILES string of the molecule is Cc1cnn(-c2ccc(C(=O)N(C)CC(=O)Nc3ccc(Cl)c(C(F)(F)F)c3)cc2)c1. The van der Waals surface area contributed by atoms with E-state index in [1.165, 1.54) is 18.0 Å². The van der Waals surface area contributed by atoms with Crippen LogP contribution in [0.15, 0.2) is 54.9 Å². The van der Waals surface area contributed by atoms with Crippen LogP contribution in [0.1, 0.15) is 21.5 Å². The highest BCUT2D eigenvalue weighted by Gasteiger charge is 2.33. The van der Waals surface area contributed by atoms with Crippen molar-refractivity contribution in [2.24, 2.45) is 0 Å². The lowest BCUT2D eigenvalue weighted by molar-refractivity contribution is -0.137. The number of halogens is 4. The van der Waals surface area contributed by atoms with Gasteiger partial charge in [-0.3, -0.25) is 9.59 Å². The average molecular weight is 451 g/mol. The van der Waals surface area contributed by atoms with Crippen LogP contribution in [0, 0.1) is 6.92 Å². The molecule has 0 aliphatic rings. The Balaban J connectivity index is 1.64. The quantitative estimate of drug-likeness (QED) is 0.619. The summed E-state index contributed by atoms with van der Waals surface area (Å²) in [4.78, 5) is 26.0. The third-order valence-electron chi connectivity index (χ3n) is 4.37. The highest BCUT2D eigenvalue weighted by Crippen LogP contribution is 2.36. The fourth-order valence-corrected chi connectivity index (χ4v) is 3.06. The maximum absolute atomic E-state index is 13.0. The number of aromatic nitrogens is 2. The maximum Gasteiger partial charge on any atom is 0.417 e. The molecule has 0 atom stereocenters. The van der Waals surface area contributed by atoms with Gasteiger partial charge in [0.05, 0.1) is 29.0 Å². The van der Waals surface area contributed by atoms with E-state index in [0.29, 0.717) is 5.56 Å². The van der Waals surface area contributed by atoms with Crippen molar-refractivity contribution in [1.29, 1.82) is 0 Å². The second-order valence-corrected chi connectivity index (χ2v) is 7.32. The van der Waals surface area contributed by atoms with Gasteiger partial charge in [0.15, 0.2) is 0 Å². The predicted octanol–water partition coefficient (Wildman–Crippen LogP) is 4.56. The summed E-state index contributed by atoms with van der Waals surface area (Å²) in [5.74, 6) is -1.06. The number of nitrogens with zero attached hydrogens (tertiary/aromatic N) is 3. The van der Waals surface area contributed by atoms with Crippen LogP contribution < -0.4 is 5.32 Å². The van der Waals surface area contributed by atoms with E-state index < -0.39 is 28.6 Å². The van der Waals surface area contributed by atoms with Gasteiger partial charge in [-0.15, -0.1) is 0 Å². The van der Waals surface area contributed by atoms with Crippen LogP contribution in [0.25, 0.3) is 5.69 Å². The van der Waals surface area contributed by atoms with Crippen molar-refractivity contribution in [1.82, 2.24) is 14.7 Å². The molecule has 10 heteroatoms. The monoisotopic (exact) mass is 450 g/mol. The van der Waals surface area contributed by atoms with Gasteiger partial charge in [0, 0.05) is 24.5 Å². The van der Waals surface area contributed by atoms with Crippen LogP contribution in [-0.4, -0.2) is 40.1 Å². The van der Waals surface area contributed by atoms with Crippen molar-refractivity contribution in [3.8, 4) is 5.69 Å². The molecule has 1 N–H and O–H groups in total. The van der Waals surface area contributed by atoms with Crippen LogP contribution in [0.5, 0.6) is 0 Å². The zero-order chi connectivity index (χ0) is 22.8. The van der Waals surface area contributed by atoms with Gasteiger partial charge < -0.3 is 10.2 Å². The number of nitrogens with one attached hydrogen (secondary N) is 1. The Kier molecular flexibility index (Phi) is 6.35. The molecule has 0 aliphatic carbocycles. The van der Waals surface area contributed by atoms with Gasteiger partial charge >= 0.3 is 6.18 Å². The zero-order valence-electron chi connectivity index (χ0n) is 16.6. The summed E-state index contributed by atoms with van der Waals surface area (Å²) in [7, 11) is 1.43. The van der Waals surface area contributed by atoms with Crippen molar-refractivity contribution >= 4 is 29.1 Å². The average Bonchev–Trinajstić information content (AvgIpc) is 3.14. The van der Waals surface area contributed by atoms with Gasteiger partial charge in [0.25, 0.3) is 5.91 Å². The molecule has 3 aromatic rings. The molecule has 31 heavy (non-hydrogen) atoms. The van der Waals surface area contributed by atoms with E-state index in [2.05, 4.69) is 10.4 Å². The number of likely N-dealkylation sites (N-methyl/N-ethyl adjacent to an activating group) is 1. The molecule has 6 nitrogen and oxygen atoms in total. The first-order chi connectivity index (χ1) is 14.5. The molecule has 1 heterocycles. The van der Waals surface area contributed by atoms with E-state index in [1.54, 1.807) is 35.1 Å². The molecule has 0 radical (unpaired) electrons. The molecule has 162 valence electrons. The highest BCUT2D eigenvalue weighted by atomic mass is 35.5. The van der Waals surface area contributed by atoms with Crippen molar-refractivity contribution in [3.05, 3.63) is 76.6 Å². The number of amides is 2. The van der Waals surface area contributed by atoms with Crippen LogP contribution in [-0.2, 0) is 11.0 Å². The summed E-state index contributed by atoms with van der Waals surface area (Å²) < 4.78 is 40.5. The Morgan fingerprint density at radius 2 is 1.84 bits per heavy atom. The molecule has 2 aromatic carbocycles. The Morgan fingerprint density at radius 1 is 1.16 bits per heavy atom. The van der Waals surface area contributed by atoms with Gasteiger partial charge in [-0.05, 0) is 55.0 Å². The molecule has 3 rings (SSSR count). The zero-order valence-corrected chi connectivity index (χ0v) is 17.3.